The second kappa shape index (κ2) is 5.96. The molecule has 0 saturated carbocycles. The predicted octanol–water partition coefficient (Wildman–Crippen LogP) is 2.31. The van der Waals surface area contributed by atoms with E-state index in [9.17, 15) is 5.11 Å². The lowest BCUT2D eigenvalue weighted by molar-refractivity contribution is 0.0689. The molecule has 0 saturated heterocycles. The predicted molar refractivity (Wildman–Crippen MR) is 70.0 cm³/mol. The first kappa shape index (κ1) is 15.8. The van der Waals surface area contributed by atoms with Crippen molar-refractivity contribution in [1.29, 1.82) is 0 Å². The molecule has 0 bridgehead atoms. The standard InChI is InChI=1S/C12H26O3Si/c1-10(11(14)8-7-9-13)15-16(5,6)12(2,3)4/h7-8,10-11,13-14H,9H2,1-6H3/b8-7+/t10-,11-/m0/s1. The third-order valence-electron chi connectivity index (χ3n) is 3.21. The van der Waals surface area contributed by atoms with Gasteiger partial charge in [-0.1, -0.05) is 32.9 Å². The molecule has 0 amide bonds. The van der Waals surface area contributed by atoms with E-state index in [-0.39, 0.29) is 17.7 Å². The molecule has 0 spiro atoms. The van der Waals surface area contributed by atoms with Gasteiger partial charge in [-0.3, -0.25) is 0 Å². The van der Waals surface area contributed by atoms with E-state index >= 15 is 0 Å². The lowest BCUT2D eigenvalue weighted by atomic mass is 10.2. The monoisotopic (exact) mass is 246 g/mol. The highest BCUT2D eigenvalue weighted by Crippen LogP contribution is 2.37. The zero-order chi connectivity index (χ0) is 13.0. The summed E-state index contributed by atoms with van der Waals surface area (Å²) in [6, 6.07) is 0. The molecule has 0 aromatic rings. The number of hydrogen-bond acceptors (Lipinski definition) is 3. The highest BCUT2D eigenvalue weighted by Gasteiger charge is 2.39. The third kappa shape index (κ3) is 4.78. The van der Waals surface area contributed by atoms with Gasteiger partial charge in [0.1, 0.15) is 0 Å². The van der Waals surface area contributed by atoms with Crippen molar-refractivity contribution in [2.75, 3.05) is 6.61 Å². The molecule has 2 atom stereocenters. The van der Waals surface area contributed by atoms with E-state index in [1.165, 1.54) is 6.08 Å². The van der Waals surface area contributed by atoms with Gasteiger partial charge < -0.3 is 14.6 Å². The molecule has 0 unspecified atom stereocenters. The first-order valence-corrected chi connectivity index (χ1v) is 8.66. The fourth-order valence-corrected chi connectivity index (χ4v) is 2.49. The van der Waals surface area contributed by atoms with Gasteiger partial charge in [0.2, 0.25) is 0 Å². The molecule has 0 aliphatic heterocycles. The molecule has 16 heavy (non-hydrogen) atoms. The Morgan fingerprint density at radius 1 is 1.31 bits per heavy atom. The van der Waals surface area contributed by atoms with Crippen LogP contribution in [0.2, 0.25) is 18.1 Å². The molecule has 0 rings (SSSR count). The molecule has 0 aliphatic rings. The molecule has 0 fully saturated rings. The Morgan fingerprint density at radius 3 is 2.19 bits per heavy atom. The summed E-state index contributed by atoms with van der Waals surface area (Å²) in [4.78, 5) is 0. The Kier molecular flexibility index (Phi) is 5.90. The normalized spacial score (nSPS) is 17.8. The van der Waals surface area contributed by atoms with Gasteiger partial charge in [-0.15, -0.1) is 0 Å². The summed E-state index contributed by atoms with van der Waals surface area (Å²) < 4.78 is 6.02. The van der Waals surface area contributed by atoms with Crippen LogP contribution in [0, 0.1) is 0 Å². The third-order valence-corrected chi connectivity index (χ3v) is 7.78. The van der Waals surface area contributed by atoms with Crippen LogP contribution in [-0.2, 0) is 4.43 Å². The van der Waals surface area contributed by atoms with Crippen LogP contribution in [0.25, 0.3) is 0 Å². The first-order valence-electron chi connectivity index (χ1n) is 5.75. The molecular weight excluding hydrogens is 220 g/mol. The quantitative estimate of drug-likeness (QED) is 0.578. The van der Waals surface area contributed by atoms with Gasteiger partial charge in [0, 0.05) is 0 Å². The van der Waals surface area contributed by atoms with Gasteiger partial charge in [-0.2, -0.15) is 0 Å². The summed E-state index contributed by atoms with van der Waals surface area (Å²) in [6.45, 7) is 12.6. The van der Waals surface area contributed by atoms with Gasteiger partial charge in [0.15, 0.2) is 8.32 Å². The fourth-order valence-electron chi connectivity index (χ4n) is 1.07. The van der Waals surface area contributed by atoms with Crippen molar-refractivity contribution in [3.8, 4) is 0 Å². The van der Waals surface area contributed by atoms with E-state index in [4.69, 9.17) is 9.53 Å². The lowest BCUT2D eigenvalue weighted by Gasteiger charge is -2.39. The number of aliphatic hydroxyl groups excluding tert-OH is 2. The Morgan fingerprint density at radius 2 is 1.81 bits per heavy atom. The molecule has 0 aromatic carbocycles. The van der Waals surface area contributed by atoms with Crippen molar-refractivity contribution in [1.82, 2.24) is 0 Å². The SMILES string of the molecule is C[C@H](O[Si](C)(C)C(C)(C)C)[C@@H](O)/C=C/CO. The van der Waals surface area contributed by atoms with Gasteiger partial charge >= 0.3 is 0 Å². The van der Waals surface area contributed by atoms with Gasteiger partial charge in [0.05, 0.1) is 18.8 Å². The van der Waals surface area contributed by atoms with Crippen LogP contribution in [0.1, 0.15) is 27.7 Å². The smallest absolute Gasteiger partial charge is 0.192 e. The van der Waals surface area contributed by atoms with Crippen molar-refractivity contribution in [2.45, 2.75) is 58.0 Å². The van der Waals surface area contributed by atoms with Crippen LogP contribution in [0.5, 0.6) is 0 Å². The van der Waals surface area contributed by atoms with Crippen LogP contribution >= 0.6 is 0 Å². The Labute approximate surface area is 100 Å². The average molecular weight is 246 g/mol. The van der Waals surface area contributed by atoms with Crippen molar-refractivity contribution < 1.29 is 14.6 Å². The van der Waals surface area contributed by atoms with Crippen molar-refractivity contribution in [2.24, 2.45) is 0 Å². The Bertz CT molecular complexity index is 231. The van der Waals surface area contributed by atoms with Gasteiger partial charge in [-0.25, -0.2) is 0 Å². The minimum atomic E-state index is -1.83. The highest BCUT2D eigenvalue weighted by molar-refractivity contribution is 6.74. The van der Waals surface area contributed by atoms with E-state index in [1.807, 2.05) is 6.92 Å². The first-order chi connectivity index (χ1) is 7.12. The summed E-state index contributed by atoms with van der Waals surface area (Å²) >= 11 is 0. The van der Waals surface area contributed by atoms with E-state index in [1.54, 1.807) is 6.08 Å². The molecule has 3 nitrogen and oxygen atoms in total. The molecule has 0 aliphatic carbocycles. The zero-order valence-corrected chi connectivity index (χ0v) is 12.3. The molecule has 2 N–H and O–H groups in total. The van der Waals surface area contributed by atoms with Crippen LogP contribution in [0.3, 0.4) is 0 Å². The maximum atomic E-state index is 9.78. The van der Waals surface area contributed by atoms with Crippen LogP contribution < -0.4 is 0 Å². The van der Waals surface area contributed by atoms with Crippen LogP contribution in [-0.4, -0.2) is 37.3 Å². The molecule has 96 valence electrons. The summed E-state index contributed by atoms with van der Waals surface area (Å²) in [6.07, 6.45) is 2.23. The van der Waals surface area contributed by atoms with Gasteiger partial charge in [0.25, 0.3) is 0 Å². The lowest BCUT2D eigenvalue weighted by Crippen LogP contribution is -2.45. The fraction of sp³-hybridized carbons (Fsp3) is 0.833. The second-order valence-corrected chi connectivity index (χ2v) is 10.4. The molecule has 0 radical (unpaired) electrons. The summed E-state index contributed by atoms with van der Waals surface area (Å²) in [5, 5.41) is 18.5. The van der Waals surface area contributed by atoms with Crippen molar-refractivity contribution >= 4 is 8.32 Å². The van der Waals surface area contributed by atoms with Crippen molar-refractivity contribution in [3.63, 3.8) is 0 Å². The minimum Gasteiger partial charge on any atom is -0.411 e. The number of aliphatic hydroxyl groups is 2. The summed E-state index contributed by atoms with van der Waals surface area (Å²) in [5.74, 6) is 0. The number of hydrogen-bond donors (Lipinski definition) is 2. The average Bonchev–Trinajstić information content (AvgIpc) is 2.11. The van der Waals surface area contributed by atoms with Crippen LogP contribution in [0.15, 0.2) is 12.2 Å². The zero-order valence-electron chi connectivity index (χ0n) is 11.3. The summed E-state index contributed by atoms with van der Waals surface area (Å²) in [7, 11) is -1.83. The Balaban J connectivity index is 4.44. The molecular formula is C12H26O3Si. The minimum absolute atomic E-state index is 0.0517. The van der Waals surface area contributed by atoms with E-state index in [0.717, 1.165) is 0 Å². The molecule has 0 heterocycles. The molecule has 4 heteroatoms. The summed E-state index contributed by atoms with van der Waals surface area (Å²) in [5.41, 5.74) is 0. The maximum Gasteiger partial charge on any atom is 0.192 e. The Hall–Kier alpha value is -0.163. The topological polar surface area (TPSA) is 49.7 Å². The second-order valence-electron chi connectivity index (χ2n) is 5.68. The van der Waals surface area contributed by atoms with Crippen LogP contribution in [0.4, 0.5) is 0 Å². The molecule has 0 aromatic heterocycles. The largest absolute Gasteiger partial charge is 0.411 e. The van der Waals surface area contributed by atoms with E-state index < -0.39 is 14.4 Å². The van der Waals surface area contributed by atoms with Crippen molar-refractivity contribution in [3.05, 3.63) is 12.2 Å². The van der Waals surface area contributed by atoms with Gasteiger partial charge in [-0.05, 0) is 25.1 Å². The number of rotatable bonds is 5. The van der Waals surface area contributed by atoms with E-state index in [0.29, 0.717) is 0 Å². The maximum absolute atomic E-state index is 9.78. The van der Waals surface area contributed by atoms with E-state index in [2.05, 4.69) is 33.9 Å². The highest BCUT2D eigenvalue weighted by atomic mass is 28.4.